The van der Waals surface area contributed by atoms with Crippen molar-refractivity contribution in [2.24, 2.45) is 0 Å². The highest BCUT2D eigenvalue weighted by Gasteiger charge is 2.21. The topological polar surface area (TPSA) is 70.7 Å². The van der Waals surface area contributed by atoms with E-state index in [1.165, 1.54) is 57.8 Å². The fourth-order valence-electron chi connectivity index (χ4n) is 4.01. The summed E-state index contributed by atoms with van der Waals surface area (Å²) < 4.78 is 5.33. The molecule has 0 bridgehead atoms. The molecule has 1 fully saturated rings. The van der Waals surface area contributed by atoms with Crippen LogP contribution in [0.15, 0.2) is 24.3 Å². The molecule has 0 unspecified atom stereocenters. The van der Waals surface area contributed by atoms with Crippen molar-refractivity contribution < 1.29 is 14.3 Å². The first-order valence-corrected chi connectivity index (χ1v) is 13.1. The average molecular weight is 476 g/mol. The van der Waals surface area contributed by atoms with Gasteiger partial charge in [0.15, 0.2) is 5.11 Å². The van der Waals surface area contributed by atoms with Gasteiger partial charge in [0, 0.05) is 19.5 Å². The normalized spacial score (nSPS) is 13.5. The summed E-state index contributed by atoms with van der Waals surface area (Å²) in [4.78, 5) is 26.9. The van der Waals surface area contributed by atoms with Crippen LogP contribution < -0.4 is 10.6 Å². The fourth-order valence-corrected chi connectivity index (χ4v) is 4.23. The van der Waals surface area contributed by atoms with E-state index in [-0.39, 0.29) is 16.9 Å². The van der Waals surface area contributed by atoms with Crippen molar-refractivity contribution >= 4 is 34.8 Å². The second kappa shape index (κ2) is 16.6. The number of carbonyl (C=O) groups is 2. The van der Waals surface area contributed by atoms with Crippen LogP contribution in [0.3, 0.4) is 0 Å². The monoisotopic (exact) mass is 475 g/mol. The minimum atomic E-state index is -0.0830. The molecule has 0 saturated carbocycles. The molecule has 2 N–H and O–H groups in total. The lowest BCUT2D eigenvalue weighted by molar-refractivity contribution is -0.119. The van der Waals surface area contributed by atoms with E-state index in [9.17, 15) is 9.59 Å². The van der Waals surface area contributed by atoms with Gasteiger partial charge in [0.25, 0.3) is 5.91 Å². The number of hydrogen-bond acceptors (Lipinski definition) is 4. The molecule has 0 atom stereocenters. The third kappa shape index (κ3) is 11.1. The van der Waals surface area contributed by atoms with Gasteiger partial charge in [0.05, 0.1) is 24.5 Å². The number of unbranched alkanes of at least 4 members (excludes halogenated alkanes) is 10. The highest BCUT2D eigenvalue weighted by molar-refractivity contribution is 7.80. The van der Waals surface area contributed by atoms with Gasteiger partial charge < -0.3 is 20.3 Å². The summed E-state index contributed by atoms with van der Waals surface area (Å²) in [6.07, 6.45) is 14.2. The molecule has 7 heteroatoms. The summed E-state index contributed by atoms with van der Waals surface area (Å²) in [5, 5.41) is 6.00. The van der Waals surface area contributed by atoms with Gasteiger partial charge in [-0.3, -0.25) is 9.59 Å². The molecule has 0 radical (unpaired) electrons. The Kier molecular flexibility index (Phi) is 13.7. The Labute approximate surface area is 204 Å². The van der Waals surface area contributed by atoms with Crippen molar-refractivity contribution in [3.63, 3.8) is 0 Å². The molecule has 0 spiro atoms. The molecule has 0 aromatic heterocycles. The number of nitrogens with zero attached hydrogens (tertiary/aromatic N) is 1. The van der Waals surface area contributed by atoms with Crippen LogP contribution >= 0.6 is 12.2 Å². The van der Waals surface area contributed by atoms with Gasteiger partial charge in [-0.2, -0.15) is 0 Å². The van der Waals surface area contributed by atoms with Crippen LogP contribution in [0.2, 0.25) is 0 Å². The Bertz CT molecular complexity index is 735. The van der Waals surface area contributed by atoms with Crippen LogP contribution in [0.25, 0.3) is 0 Å². The minimum absolute atomic E-state index is 0.0588. The van der Waals surface area contributed by atoms with Crippen LogP contribution in [0, 0.1) is 0 Å². The van der Waals surface area contributed by atoms with E-state index < -0.39 is 0 Å². The van der Waals surface area contributed by atoms with Crippen molar-refractivity contribution in [1.29, 1.82) is 0 Å². The molecular formula is C26H41N3O3S. The molecule has 1 heterocycles. The molecule has 0 aliphatic carbocycles. The number of benzene rings is 1. The maximum Gasteiger partial charge on any atom is 0.256 e. The Hall–Kier alpha value is -1.99. The van der Waals surface area contributed by atoms with E-state index in [2.05, 4.69) is 17.6 Å². The lowest BCUT2D eigenvalue weighted by Crippen LogP contribution is -2.41. The Morgan fingerprint density at radius 2 is 1.48 bits per heavy atom. The third-order valence-corrected chi connectivity index (χ3v) is 6.17. The number of anilines is 1. The van der Waals surface area contributed by atoms with E-state index >= 15 is 0 Å². The first-order chi connectivity index (χ1) is 16.1. The van der Waals surface area contributed by atoms with E-state index in [1.807, 2.05) is 12.1 Å². The summed E-state index contributed by atoms with van der Waals surface area (Å²) >= 11 is 5.31. The zero-order chi connectivity index (χ0) is 23.7. The zero-order valence-electron chi connectivity index (χ0n) is 20.2. The first kappa shape index (κ1) is 27.3. The second-order valence-corrected chi connectivity index (χ2v) is 9.15. The molecule has 1 aromatic carbocycles. The van der Waals surface area contributed by atoms with Crippen LogP contribution in [0.5, 0.6) is 0 Å². The van der Waals surface area contributed by atoms with Crippen LogP contribution in [-0.4, -0.2) is 48.1 Å². The van der Waals surface area contributed by atoms with Crippen molar-refractivity contribution in [2.75, 3.05) is 31.6 Å². The summed E-state index contributed by atoms with van der Waals surface area (Å²) in [5.74, 6) is -0.142. The van der Waals surface area contributed by atoms with Gasteiger partial charge in [-0.05, 0) is 30.8 Å². The smallest absolute Gasteiger partial charge is 0.256 e. The van der Waals surface area contributed by atoms with E-state index in [1.54, 1.807) is 17.0 Å². The standard InChI is InChI=1S/C26H41N3O3S/c1-2-3-4-5-6-7-8-9-10-11-12-17-24(30)28-26(33)27-23-16-14-13-15-22(23)25(31)29-18-20-32-21-19-29/h13-16H,2-12,17-21H2,1H3,(H2,27,28,30,33). The largest absolute Gasteiger partial charge is 0.378 e. The molecule has 1 saturated heterocycles. The lowest BCUT2D eigenvalue weighted by Gasteiger charge is -2.27. The average Bonchev–Trinajstić information content (AvgIpc) is 2.83. The summed E-state index contributed by atoms with van der Waals surface area (Å²) in [7, 11) is 0. The molecular weight excluding hydrogens is 434 g/mol. The summed E-state index contributed by atoms with van der Waals surface area (Å²) in [6.45, 7) is 4.50. The van der Waals surface area contributed by atoms with E-state index in [4.69, 9.17) is 17.0 Å². The summed E-state index contributed by atoms with van der Waals surface area (Å²) in [5.41, 5.74) is 1.15. The minimum Gasteiger partial charge on any atom is -0.378 e. The van der Waals surface area contributed by atoms with Gasteiger partial charge >= 0.3 is 0 Å². The fraction of sp³-hybridized carbons (Fsp3) is 0.654. The van der Waals surface area contributed by atoms with Gasteiger partial charge in [-0.15, -0.1) is 0 Å². The van der Waals surface area contributed by atoms with Gasteiger partial charge in [0.1, 0.15) is 0 Å². The number of thiocarbonyl (C=S) groups is 1. The van der Waals surface area contributed by atoms with Crippen LogP contribution in [0.1, 0.15) is 94.3 Å². The quantitative estimate of drug-likeness (QED) is 0.268. The van der Waals surface area contributed by atoms with Gasteiger partial charge in [0.2, 0.25) is 5.91 Å². The lowest BCUT2D eigenvalue weighted by atomic mass is 10.1. The molecule has 33 heavy (non-hydrogen) atoms. The first-order valence-electron chi connectivity index (χ1n) is 12.7. The highest BCUT2D eigenvalue weighted by Crippen LogP contribution is 2.18. The van der Waals surface area contributed by atoms with Crippen molar-refractivity contribution in [2.45, 2.75) is 84.0 Å². The SMILES string of the molecule is CCCCCCCCCCCCCC(=O)NC(=S)Nc1ccccc1C(=O)N1CCOCC1. The number of rotatable bonds is 14. The van der Waals surface area contributed by atoms with Crippen molar-refractivity contribution in [3.05, 3.63) is 29.8 Å². The second-order valence-electron chi connectivity index (χ2n) is 8.74. The molecule has 1 aliphatic heterocycles. The molecule has 6 nitrogen and oxygen atoms in total. The zero-order valence-corrected chi connectivity index (χ0v) is 21.0. The number of ether oxygens (including phenoxy) is 1. The van der Waals surface area contributed by atoms with Gasteiger partial charge in [-0.1, -0.05) is 83.3 Å². The number of hydrogen-bond donors (Lipinski definition) is 2. The Morgan fingerprint density at radius 3 is 2.12 bits per heavy atom. The molecule has 1 aromatic rings. The number of amides is 2. The van der Waals surface area contributed by atoms with Crippen molar-refractivity contribution in [1.82, 2.24) is 10.2 Å². The Balaban J connectivity index is 1.61. The predicted molar refractivity (Wildman–Crippen MR) is 139 cm³/mol. The van der Waals surface area contributed by atoms with Crippen molar-refractivity contribution in [3.8, 4) is 0 Å². The van der Waals surface area contributed by atoms with Crippen LogP contribution in [0.4, 0.5) is 5.69 Å². The number of para-hydroxylation sites is 1. The van der Waals surface area contributed by atoms with Gasteiger partial charge in [-0.25, -0.2) is 0 Å². The number of carbonyl (C=O) groups excluding carboxylic acids is 2. The van der Waals surface area contributed by atoms with E-state index in [0.29, 0.717) is 44.0 Å². The maximum absolute atomic E-state index is 12.9. The molecule has 2 amide bonds. The summed E-state index contributed by atoms with van der Waals surface area (Å²) in [6, 6.07) is 7.24. The molecule has 1 aliphatic rings. The van der Waals surface area contributed by atoms with E-state index in [0.717, 1.165) is 12.8 Å². The molecule has 2 rings (SSSR count). The Morgan fingerprint density at radius 1 is 0.909 bits per heavy atom. The molecule has 184 valence electrons. The maximum atomic E-state index is 12.9. The predicted octanol–water partition coefficient (Wildman–Crippen LogP) is 5.67. The number of nitrogens with one attached hydrogen (secondary N) is 2. The number of morpholine rings is 1. The van der Waals surface area contributed by atoms with Crippen LogP contribution in [-0.2, 0) is 9.53 Å². The highest BCUT2D eigenvalue weighted by atomic mass is 32.1. The third-order valence-electron chi connectivity index (χ3n) is 5.96.